The predicted octanol–water partition coefficient (Wildman–Crippen LogP) is -1.36. The molecule has 25 heavy (non-hydrogen) atoms. The van der Waals surface area contributed by atoms with E-state index in [0.717, 1.165) is 5.56 Å². The van der Waals surface area contributed by atoms with Gasteiger partial charge in [0.05, 0.1) is 26.0 Å². The van der Waals surface area contributed by atoms with Crippen molar-refractivity contribution in [2.45, 2.75) is 43.9 Å². The molecule has 1 saturated heterocycles. The maximum atomic E-state index is 9.92. The Labute approximate surface area is 144 Å². The summed E-state index contributed by atoms with van der Waals surface area (Å²) in [6.07, 6.45) is -4.79. The van der Waals surface area contributed by atoms with Crippen molar-refractivity contribution < 1.29 is 29.9 Å². The predicted molar refractivity (Wildman–Crippen MR) is 84.1 cm³/mol. The number of ether oxygens (including phenoxy) is 2. The molecule has 4 N–H and O–H groups in total. The molecule has 0 spiro atoms. The molecule has 0 bridgehead atoms. The molecule has 136 valence electrons. The molecule has 2 heterocycles. The molecule has 1 aromatic carbocycles. The van der Waals surface area contributed by atoms with E-state index in [1.807, 2.05) is 30.3 Å². The Morgan fingerprint density at radius 3 is 2.56 bits per heavy atom. The summed E-state index contributed by atoms with van der Waals surface area (Å²) in [5, 5.41) is 46.5. The lowest BCUT2D eigenvalue weighted by Gasteiger charge is -2.39. The summed E-state index contributed by atoms with van der Waals surface area (Å²) in [5.74, 6) is 0. The third kappa shape index (κ3) is 4.21. The van der Waals surface area contributed by atoms with Gasteiger partial charge in [-0.2, -0.15) is 0 Å². The van der Waals surface area contributed by atoms with E-state index in [4.69, 9.17) is 14.6 Å². The molecule has 0 amide bonds. The second kappa shape index (κ2) is 8.00. The summed E-state index contributed by atoms with van der Waals surface area (Å²) in [4.78, 5) is 0. The molecule has 0 radical (unpaired) electrons. The lowest BCUT2D eigenvalue weighted by Crippen LogP contribution is -2.59. The number of aliphatic hydroxyl groups excluding tert-OH is 4. The Morgan fingerprint density at radius 2 is 1.84 bits per heavy atom. The van der Waals surface area contributed by atoms with Gasteiger partial charge < -0.3 is 29.9 Å². The molecule has 0 unspecified atom stereocenters. The fraction of sp³-hybridized carbons (Fsp3) is 0.500. The van der Waals surface area contributed by atoms with Crippen LogP contribution < -0.4 is 0 Å². The highest BCUT2D eigenvalue weighted by atomic mass is 16.7. The lowest BCUT2D eigenvalue weighted by atomic mass is 9.99. The number of rotatable bonds is 6. The van der Waals surface area contributed by atoms with Crippen molar-refractivity contribution in [3.8, 4) is 0 Å². The van der Waals surface area contributed by atoms with Crippen molar-refractivity contribution in [1.29, 1.82) is 0 Å². The number of nitrogens with zero attached hydrogens (tertiary/aromatic N) is 3. The molecule has 0 saturated carbocycles. The van der Waals surface area contributed by atoms with Crippen molar-refractivity contribution in [2.24, 2.45) is 0 Å². The van der Waals surface area contributed by atoms with Gasteiger partial charge in [-0.25, -0.2) is 4.68 Å². The fourth-order valence-electron chi connectivity index (χ4n) is 2.63. The minimum Gasteiger partial charge on any atom is -0.394 e. The average molecular weight is 351 g/mol. The van der Waals surface area contributed by atoms with Gasteiger partial charge in [0.25, 0.3) is 0 Å². The van der Waals surface area contributed by atoms with Crippen LogP contribution in [0.3, 0.4) is 0 Å². The maximum absolute atomic E-state index is 9.92. The zero-order valence-electron chi connectivity index (χ0n) is 13.4. The highest BCUT2D eigenvalue weighted by molar-refractivity contribution is 5.14. The van der Waals surface area contributed by atoms with Crippen molar-refractivity contribution in [2.75, 3.05) is 6.61 Å². The minimum absolute atomic E-state index is 0.00250. The van der Waals surface area contributed by atoms with E-state index in [1.54, 1.807) is 10.9 Å². The zero-order valence-corrected chi connectivity index (χ0v) is 13.4. The van der Waals surface area contributed by atoms with Gasteiger partial charge >= 0.3 is 0 Å². The van der Waals surface area contributed by atoms with E-state index in [0.29, 0.717) is 12.2 Å². The van der Waals surface area contributed by atoms with Gasteiger partial charge in [0.2, 0.25) is 0 Å². The smallest absolute Gasteiger partial charge is 0.187 e. The molecule has 9 nitrogen and oxygen atoms in total. The van der Waals surface area contributed by atoms with Crippen LogP contribution in [-0.2, 0) is 22.6 Å². The lowest BCUT2D eigenvalue weighted by molar-refractivity contribution is -0.304. The number of hydrogen-bond acceptors (Lipinski definition) is 8. The number of aromatic nitrogens is 3. The summed E-state index contributed by atoms with van der Waals surface area (Å²) in [7, 11) is 0. The molecule has 3 rings (SSSR count). The third-order valence-corrected chi connectivity index (χ3v) is 4.02. The van der Waals surface area contributed by atoms with Crippen LogP contribution in [0.15, 0.2) is 36.5 Å². The Hall–Kier alpha value is -1.88. The molecular formula is C16H21N3O6. The zero-order chi connectivity index (χ0) is 17.8. The third-order valence-electron chi connectivity index (χ3n) is 4.02. The van der Waals surface area contributed by atoms with Gasteiger partial charge in [-0.1, -0.05) is 35.5 Å². The average Bonchev–Trinajstić information content (AvgIpc) is 3.07. The molecule has 1 aromatic heterocycles. The Bertz CT molecular complexity index is 665. The van der Waals surface area contributed by atoms with Gasteiger partial charge in [0.15, 0.2) is 6.29 Å². The topological polar surface area (TPSA) is 130 Å². The normalized spacial score (nSPS) is 29.7. The highest BCUT2D eigenvalue weighted by Crippen LogP contribution is 2.22. The van der Waals surface area contributed by atoms with E-state index in [2.05, 4.69) is 10.3 Å². The van der Waals surface area contributed by atoms with Crippen molar-refractivity contribution >= 4 is 0 Å². The first kappa shape index (κ1) is 17.9. The van der Waals surface area contributed by atoms with E-state index in [1.165, 1.54) is 0 Å². The first-order valence-corrected chi connectivity index (χ1v) is 7.93. The maximum Gasteiger partial charge on any atom is 0.187 e. The Morgan fingerprint density at radius 1 is 1.08 bits per heavy atom. The molecule has 0 aliphatic carbocycles. The van der Waals surface area contributed by atoms with Crippen LogP contribution in [0.25, 0.3) is 0 Å². The van der Waals surface area contributed by atoms with Gasteiger partial charge in [-0.15, -0.1) is 5.10 Å². The van der Waals surface area contributed by atoms with Crippen molar-refractivity contribution in [3.05, 3.63) is 47.8 Å². The van der Waals surface area contributed by atoms with Gasteiger partial charge in [0.1, 0.15) is 30.1 Å². The second-order valence-corrected chi connectivity index (χ2v) is 5.90. The molecule has 1 aliphatic rings. The summed E-state index contributed by atoms with van der Waals surface area (Å²) in [5.41, 5.74) is 1.60. The van der Waals surface area contributed by atoms with Crippen LogP contribution in [0.2, 0.25) is 0 Å². The number of benzene rings is 1. The van der Waals surface area contributed by atoms with Crippen LogP contribution in [-0.4, -0.2) is 72.7 Å². The molecule has 2 aromatic rings. The van der Waals surface area contributed by atoms with Gasteiger partial charge in [-0.05, 0) is 5.56 Å². The van der Waals surface area contributed by atoms with Crippen LogP contribution in [0.1, 0.15) is 11.3 Å². The SMILES string of the molecule is OC[C@H]1O[C@@H](OCc2cn(Cc3ccccc3)nn2)[C@H](O)[C@@H](O)[C@H]1O. The number of aliphatic hydroxyl groups is 4. The van der Waals surface area contributed by atoms with E-state index >= 15 is 0 Å². The molecule has 1 aliphatic heterocycles. The number of hydrogen-bond donors (Lipinski definition) is 4. The second-order valence-electron chi connectivity index (χ2n) is 5.90. The first-order valence-electron chi connectivity index (χ1n) is 7.93. The quantitative estimate of drug-likeness (QED) is 0.502. The molecule has 1 fully saturated rings. The van der Waals surface area contributed by atoms with E-state index < -0.39 is 37.3 Å². The molecule has 5 atom stereocenters. The fourth-order valence-corrected chi connectivity index (χ4v) is 2.63. The van der Waals surface area contributed by atoms with Crippen molar-refractivity contribution in [1.82, 2.24) is 15.0 Å². The van der Waals surface area contributed by atoms with E-state index in [9.17, 15) is 15.3 Å². The largest absolute Gasteiger partial charge is 0.394 e. The minimum atomic E-state index is -1.47. The van der Waals surface area contributed by atoms with Crippen LogP contribution in [0.4, 0.5) is 0 Å². The first-order chi connectivity index (χ1) is 12.1. The van der Waals surface area contributed by atoms with E-state index in [-0.39, 0.29) is 6.61 Å². The Kier molecular flexibility index (Phi) is 5.74. The van der Waals surface area contributed by atoms with Gasteiger partial charge in [0, 0.05) is 0 Å². The van der Waals surface area contributed by atoms with Crippen LogP contribution >= 0.6 is 0 Å². The summed E-state index contributed by atoms with van der Waals surface area (Å²) >= 11 is 0. The van der Waals surface area contributed by atoms with Gasteiger partial charge in [-0.3, -0.25) is 0 Å². The van der Waals surface area contributed by atoms with Crippen molar-refractivity contribution in [3.63, 3.8) is 0 Å². The molecular weight excluding hydrogens is 330 g/mol. The monoisotopic (exact) mass is 351 g/mol. The Balaban J connectivity index is 1.56. The van der Waals surface area contributed by atoms with Crippen LogP contribution in [0.5, 0.6) is 0 Å². The standard InChI is InChI=1S/C16H21N3O6/c20-8-12-13(21)14(22)15(23)16(25-12)24-9-11-7-19(18-17-11)6-10-4-2-1-3-5-10/h1-5,7,12-16,20-23H,6,8-9H2/t12-,13+,14+,15-,16-/m1/s1. The van der Waals surface area contributed by atoms with Crippen LogP contribution in [0, 0.1) is 0 Å². The molecule has 9 heteroatoms. The summed E-state index contributed by atoms with van der Waals surface area (Å²) in [6, 6.07) is 9.77. The summed E-state index contributed by atoms with van der Waals surface area (Å²) < 4.78 is 12.3. The highest BCUT2D eigenvalue weighted by Gasteiger charge is 2.44. The summed E-state index contributed by atoms with van der Waals surface area (Å²) in [6.45, 7) is 0.0590.